The standard InChI is InChI=1S/C18H16FN3O2/c1-4-6-12(5-2)20-18(23)16-14-10-24-15-8-7-11(19)9-13(15)17(14)22(3)21-16/h4-9H,1-2,10H2,3H3,(H,20,23). The van der Waals surface area contributed by atoms with Crippen LogP contribution >= 0.6 is 0 Å². The molecular weight excluding hydrogens is 309 g/mol. The van der Waals surface area contributed by atoms with E-state index in [2.05, 4.69) is 23.6 Å². The van der Waals surface area contributed by atoms with Gasteiger partial charge < -0.3 is 10.1 Å². The Morgan fingerprint density at radius 1 is 1.46 bits per heavy atom. The number of rotatable bonds is 4. The molecule has 1 amide bonds. The lowest BCUT2D eigenvalue weighted by Gasteiger charge is -2.18. The predicted molar refractivity (Wildman–Crippen MR) is 88.9 cm³/mol. The van der Waals surface area contributed by atoms with Crippen molar-refractivity contribution in [1.82, 2.24) is 15.1 Å². The molecule has 24 heavy (non-hydrogen) atoms. The summed E-state index contributed by atoms with van der Waals surface area (Å²) in [7, 11) is 1.71. The van der Waals surface area contributed by atoms with E-state index >= 15 is 0 Å². The van der Waals surface area contributed by atoms with Gasteiger partial charge in [-0.3, -0.25) is 9.48 Å². The second kappa shape index (κ2) is 6.16. The largest absolute Gasteiger partial charge is 0.488 e. The minimum Gasteiger partial charge on any atom is -0.488 e. The number of hydrogen-bond acceptors (Lipinski definition) is 3. The van der Waals surface area contributed by atoms with Crippen LogP contribution in [-0.2, 0) is 13.7 Å². The lowest BCUT2D eigenvalue weighted by molar-refractivity contribution is 0.0959. The monoisotopic (exact) mass is 325 g/mol. The Morgan fingerprint density at radius 3 is 2.96 bits per heavy atom. The van der Waals surface area contributed by atoms with Crippen molar-refractivity contribution >= 4 is 5.91 Å². The maximum atomic E-state index is 13.6. The third kappa shape index (κ3) is 2.62. The molecule has 1 N–H and O–H groups in total. The number of hydrogen-bond donors (Lipinski definition) is 1. The smallest absolute Gasteiger partial charge is 0.276 e. The zero-order valence-electron chi connectivity index (χ0n) is 13.2. The lowest BCUT2D eigenvalue weighted by Crippen LogP contribution is -2.24. The molecule has 0 bridgehead atoms. The number of aromatic nitrogens is 2. The van der Waals surface area contributed by atoms with Gasteiger partial charge in [0.25, 0.3) is 5.91 Å². The summed E-state index contributed by atoms with van der Waals surface area (Å²) in [6.07, 6.45) is 4.69. The Hall–Kier alpha value is -3.15. The molecule has 0 spiro atoms. The van der Waals surface area contributed by atoms with E-state index in [9.17, 15) is 9.18 Å². The Bertz CT molecular complexity index is 881. The van der Waals surface area contributed by atoms with E-state index in [4.69, 9.17) is 4.74 Å². The molecule has 2 aromatic rings. The van der Waals surface area contributed by atoms with Crippen molar-refractivity contribution in [2.75, 3.05) is 0 Å². The van der Waals surface area contributed by atoms with Crippen LogP contribution in [-0.4, -0.2) is 15.7 Å². The van der Waals surface area contributed by atoms with Crippen molar-refractivity contribution in [3.63, 3.8) is 0 Å². The van der Waals surface area contributed by atoms with Crippen LogP contribution in [0.3, 0.4) is 0 Å². The van der Waals surface area contributed by atoms with Crippen LogP contribution < -0.4 is 10.1 Å². The van der Waals surface area contributed by atoms with E-state index in [-0.39, 0.29) is 24.0 Å². The van der Waals surface area contributed by atoms with Crippen molar-refractivity contribution in [3.8, 4) is 17.0 Å². The predicted octanol–water partition coefficient (Wildman–Crippen LogP) is 3.10. The van der Waals surface area contributed by atoms with Gasteiger partial charge in [-0.15, -0.1) is 0 Å². The van der Waals surface area contributed by atoms with E-state index in [0.717, 1.165) is 0 Å². The number of carbonyl (C=O) groups is 1. The van der Waals surface area contributed by atoms with E-state index < -0.39 is 0 Å². The minimum absolute atomic E-state index is 0.194. The fraction of sp³-hybridized carbons (Fsp3) is 0.111. The number of benzene rings is 1. The highest BCUT2D eigenvalue weighted by Gasteiger charge is 2.28. The number of fused-ring (bicyclic) bond motifs is 3. The second-order valence-electron chi connectivity index (χ2n) is 5.24. The van der Waals surface area contributed by atoms with Gasteiger partial charge in [0.05, 0.1) is 5.69 Å². The molecule has 2 heterocycles. The number of aryl methyl sites for hydroxylation is 1. The highest BCUT2D eigenvalue weighted by atomic mass is 19.1. The molecule has 122 valence electrons. The number of ether oxygens (including phenoxy) is 1. The van der Waals surface area contributed by atoms with Gasteiger partial charge in [-0.05, 0) is 30.4 Å². The zero-order valence-corrected chi connectivity index (χ0v) is 13.2. The number of nitrogens with zero attached hydrogens (tertiary/aromatic N) is 2. The fourth-order valence-electron chi connectivity index (χ4n) is 2.66. The second-order valence-corrected chi connectivity index (χ2v) is 5.24. The van der Waals surface area contributed by atoms with Crippen molar-refractivity contribution < 1.29 is 13.9 Å². The van der Waals surface area contributed by atoms with E-state index in [1.807, 2.05) is 0 Å². The molecule has 3 rings (SSSR count). The van der Waals surface area contributed by atoms with E-state index in [1.54, 1.807) is 29.9 Å². The van der Waals surface area contributed by atoms with Gasteiger partial charge in [0.15, 0.2) is 5.69 Å². The summed E-state index contributed by atoms with van der Waals surface area (Å²) in [5, 5.41) is 6.99. The van der Waals surface area contributed by atoms with Gasteiger partial charge in [0, 0.05) is 23.9 Å². The maximum absolute atomic E-state index is 13.6. The molecule has 1 aromatic heterocycles. The molecule has 0 aliphatic carbocycles. The van der Waals surface area contributed by atoms with Gasteiger partial charge in [0.1, 0.15) is 18.2 Å². The molecule has 6 heteroatoms. The lowest BCUT2D eigenvalue weighted by atomic mass is 10.0. The van der Waals surface area contributed by atoms with E-state index in [0.29, 0.717) is 28.3 Å². The molecule has 0 atom stereocenters. The Morgan fingerprint density at radius 2 is 2.25 bits per heavy atom. The summed E-state index contributed by atoms with van der Waals surface area (Å²) >= 11 is 0. The molecule has 0 fully saturated rings. The third-order valence-electron chi connectivity index (χ3n) is 3.70. The first-order valence-corrected chi connectivity index (χ1v) is 7.30. The summed E-state index contributed by atoms with van der Waals surface area (Å²) in [5.41, 5.74) is 2.62. The van der Waals surface area contributed by atoms with Gasteiger partial charge in [0.2, 0.25) is 0 Å². The highest BCUT2D eigenvalue weighted by Crippen LogP contribution is 2.38. The quantitative estimate of drug-likeness (QED) is 0.879. The normalized spacial score (nSPS) is 12.7. The van der Waals surface area contributed by atoms with Crippen LogP contribution in [0, 0.1) is 5.82 Å². The summed E-state index contributed by atoms with van der Waals surface area (Å²) in [6.45, 7) is 7.41. The first-order valence-electron chi connectivity index (χ1n) is 7.30. The van der Waals surface area contributed by atoms with Crippen LogP contribution in [0.25, 0.3) is 11.3 Å². The molecule has 1 aliphatic rings. The molecule has 5 nitrogen and oxygen atoms in total. The summed E-state index contributed by atoms with van der Waals surface area (Å²) in [6, 6.07) is 4.29. The van der Waals surface area contributed by atoms with Gasteiger partial charge >= 0.3 is 0 Å². The number of allylic oxidation sites excluding steroid dienone is 3. The molecule has 0 radical (unpaired) electrons. The molecule has 0 unspecified atom stereocenters. The molecule has 0 saturated heterocycles. The van der Waals surface area contributed by atoms with Gasteiger partial charge in [-0.25, -0.2) is 4.39 Å². The van der Waals surface area contributed by atoms with Crippen molar-refractivity contribution in [2.24, 2.45) is 7.05 Å². The van der Waals surface area contributed by atoms with Gasteiger partial charge in [-0.1, -0.05) is 19.2 Å². The number of carbonyl (C=O) groups excluding carboxylic acids is 1. The van der Waals surface area contributed by atoms with E-state index in [1.165, 1.54) is 18.2 Å². The molecular formula is C18H16FN3O2. The van der Waals surface area contributed by atoms with Crippen LogP contribution in [0.5, 0.6) is 5.75 Å². The summed E-state index contributed by atoms with van der Waals surface area (Å²) in [4.78, 5) is 12.5. The SMILES string of the molecule is C=CC=C(C=C)NC(=O)c1nn(C)c2c1COc1ccc(F)cc1-2. The average Bonchev–Trinajstić information content (AvgIpc) is 2.91. The topological polar surface area (TPSA) is 56.2 Å². The maximum Gasteiger partial charge on any atom is 0.276 e. The average molecular weight is 325 g/mol. The summed E-state index contributed by atoms with van der Waals surface area (Å²) < 4.78 is 20.8. The molecule has 1 aromatic carbocycles. The minimum atomic E-state index is -0.386. The van der Waals surface area contributed by atoms with Crippen molar-refractivity contribution in [1.29, 1.82) is 0 Å². The third-order valence-corrected chi connectivity index (χ3v) is 3.70. The van der Waals surface area contributed by atoms with Crippen molar-refractivity contribution in [3.05, 3.63) is 72.4 Å². The van der Waals surface area contributed by atoms with Crippen LogP contribution in [0.15, 0.2) is 55.3 Å². The number of nitrogens with one attached hydrogen (secondary N) is 1. The first kappa shape index (κ1) is 15.7. The van der Waals surface area contributed by atoms with Crippen LogP contribution in [0.2, 0.25) is 0 Å². The molecule has 0 saturated carbocycles. The Balaban J connectivity index is 2.04. The first-order chi connectivity index (χ1) is 11.5. The van der Waals surface area contributed by atoms with Crippen LogP contribution in [0.1, 0.15) is 16.1 Å². The Labute approximate surface area is 138 Å². The summed E-state index contributed by atoms with van der Waals surface area (Å²) in [5.74, 6) is -0.194. The zero-order chi connectivity index (χ0) is 17.3. The van der Waals surface area contributed by atoms with Crippen LogP contribution in [0.4, 0.5) is 4.39 Å². The molecule has 1 aliphatic heterocycles. The van der Waals surface area contributed by atoms with Gasteiger partial charge in [-0.2, -0.15) is 5.10 Å². The highest BCUT2D eigenvalue weighted by molar-refractivity contribution is 5.97. The van der Waals surface area contributed by atoms with Crippen molar-refractivity contribution in [2.45, 2.75) is 6.61 Å². The fourth-order valence-corrected chi connectivity index (χ4v) is 2.66. The number of amides is 1. The number of halogens is 1. The Kier molecular flexibility index (Phi) is 4.04.